The van der Waals surface area contributed by atoms with E-state index in [9.17, 15) is 9.59 Å². The molecule has 4 rings (SSSR count). The SMILES string of the molecule is CCC(c1nc2ccccc2c(=O)n1CC)N(CCc1ccccn1)C(=O)c1cccc(Br)c1. The molecule has 1 atom stereocenters. The molecule has 4 aromatic rings. The molecule has 174 valence electrons. The van der Waals surface area contributed by atoms with Crippen LogP contribution in [0.1, 0.15) is 48.2 Å². The Morgan fingerprint density at radius 2 is 1.85 bits per heavy atom. The van der Waals surface area contributed by atoms with Crippen molar-refractivity contribution in [3.8, 4) is 0 Å². The lowest BCUT2D eigenvalue weighted by Crippen LogP contribution is -2.40. The molecule has 0 aliphatic heterocycles. The van der Waals surface area contributed by atoms with Crippen molar-refractivity contribution in [2.75, 3.05) is 6.54 Å². The average molecular weight is 519 g/mol. The molecule has 2 aromatic heterocycles. The Morgan fingerprint density at radius 3 is 2.56 bits per heavy atom. The van der Waals surface area contributed by atoms with Gasteiger partial charge in [-0.1, -0.05) is 47.1 Å². The number of rotatable bonds is 8. The van der Waals surface area contributed by atoms with Crippen molar-refractivity contribution in [1.29, 1.82) is 0 Å². The summed E-state index contributed by atoms with van der Waals surface area (Å²) >= 11 is 3.48. The maximum absolute atomic E-state index is 13.8. The Hall–Kier alpha value is -3.32. The van der Waals surface area contributed by atoms with Crippen LogP contribution < -0.4 is 5.56 Å². The second kappa shape index (κ2) is 10.7. The van der Waals surface area contributed by atoms with Crippen LogP contribution in [0.15, 0.2) is 82.2 Å². The molecule has 1 unspecified atom stereocenters. The number of benzene rings is 2. The van der Waals surface area contributed by atoms with Crippen molar-refractivity contribution in [3.05, 3.63) is 105 Å². The van der Waals surface area contributed by atoms with E-state index in [1.165, 1.54) is 0 Å². The average Bonchev–Trinajstić information content (AvgIpc) is 2.87. The molecule has 7 heteroatoms. The Labute approximate surface area is 207 Å². The summed E-state index contributed by atoms with van der Waals surface area (Å²) in [5.41, 5.74) is 2.05. The van der Waals surface area contributed by atoms with Gasteiger partial charge >= 0.3 is 0 Å². The molecule has 0 aliphatic carbocycles. The number of para-hydroxylation sites is 1. The van der Waals surface area contributed by atoms with Gasteiger partial charge in [-0.05, 0) is 55.8 Å². The Bertz CT molecular complexity index is 1350. The quantitative estimate of drug-likeness (QED) is 0.312. The summed E-state index contributed by atoms with van der Waals surface area (Å²) in [7, 11) is 0. The summed E-state index contributed by atoms with van der Waals surface area (Å²) in [5, 5.41) is 0.585. The van der Waals surface area contributed by atoms with Crippen molar-refractivity contribution in [2.45, 2.75) is 39.3 Å². The molecular formula is C27H27BrN4O2. The molecule has 6 nitrogen and oxygen atoms in total. The minimum absolute atomic E-state index is 0.0823. The highest BCUT2D eigenvalue weighted by Gasteiger charge is 2.29. The van der Waals surface area contributed by atoms with Crippen LogP contribution in [0.2, 0.25) is 0 Å². The molecule has 0 N–H and O–H groups in total. The fourth-order valence-electron chi connectivity index (χ4n) is 4.25. The van der Waals surface area contributed by atoms with Crippen LogP contribution >= 0.6 is 15.9 Å². The Morgan fingerprint density at radius 1 is 1.06 bits per heavy atom. The first-order chi connectivity index (χ1) is 16.5. The minimum Gasteiger partial charge on any atom is -0.328 e. The number of hydrogen-bond acceptors (Lipinski definition) is 4. The first-order valence-corrected chi connectivity index (χ1v) is 12.3. The maximum Gasteiger partial charge on any atom is 0.261 e. The third-order valence-electron chi connectivity index (χ3n) is 5.94. The monoisotopic (exact) mass is 518 g/mol. The van der Waals surface area contributed by atoms with E-state index in [1.54, 1.807) is 16.8 Å². The summed E-state index contributed by atoms with van der Waals surface area (Å²) in [6.07, 6.45) is 2.97. The maximum atomic E-state index is 13.8. The molecule has 0 saturated heterocycles. The highest BCUT2D eigenvalue weighted by atomic mass is 79.9. The summed E-state index contributed by atoms with van der Waals surface area (Å²) < 4.78 is 2.53. The fourth-order valence-corrected chi connectivity index (χ4v) is 4.65. The lowest BCUT2D eigenvalue weighted by atomic mass is 10.1. The third-order valence-corrected chi connectivity index (χ3v) is 6.43. The molecule has 2 aromatic carbocycles. The zero-order chi connectivity index (χ0) is 24.1. The minimum atomic E-state index is -0.368. The zero-order valence-corrected chi connectivity index (χ0v) is 20.9. The zero-order valence-electron chi connectivity index (χ0n) is 19.3. The summed E-state index contributed by atoms with van der Waals surface area (Å²) in [6.45, 7) is 4.88. The number of halogens is 1. The number of carbonyl (C=O) groups is 1. The number of fused-ring (bicyclic) bond motifs is 1. The van der Waals surface area contributed by atoms with E-state index < -0.39 is 0 Å². The highest BCUT2D eigenvalue weighted by molar-refractivity contribution is 9.10. The van der Waals surface area contributed by atoms with Crippen LogP contribution in [0.25, 0.3) is 10.9 Å². The molecule has 0 bridgehead atoms. The van der Waals surface area contributed by atoms with E-state index in [0.717, 1.165) is 10.2 Å². The van der Waals surface area contributed by atoms with E-state index in [1.807, 2.05) is 79.4 Å². The lowest BCUT2D eigenvalue weighted by molar-refractivity contribution is 0.0658. The van der Waals surface area contributed by atoms with Gasteiger partial charge in [-0.3, -0.25) is 19.1 Å². The largest absolute Gasteiger partial charge is 0.328 e. The van der Waals surface area contributed by atoms with Gasteiger partial charge in [-0.2, -0.15) is 0 Å². The van der Waals surface area contributed by atoms with Gasteiger partial charge in [0.2, 0.25) is 0 Å². The Kier molecular flexibility index (Phi) is 7.53. The molecule has 0 fully saturated rings. The second-order valence-corrected chi connectivity index (χ2v) is 8.96. The highest BCUT2D eigenvalue weighted by Crippen LogP contribution is 2.27. The molecule has 1 amide bonds. The van der Waals surface area contributed by atoms with Crippen LogP contribution in [0.5, 0.6) is 0 Å². The number of carbonyl (C=O) groups excluding carboxylic acids is 1. The van der Waals surface area contributed by atoms with Crippen molar-refractivity contribution >= 4 is 32.7 Å². The van der Waals surface area contributed by atoms with Gasteiger partial charge in [0.1, 0.15) is 5.82 Å². The van der Waals surface area contributed by atoms with Crippen LogP contribution in [0, 0.1) is 0 Å². The van der Waals surface area contributed by atoms with Crippen LogP contribution in [0.4, 0.5) is 0 Å². The molecule has 0 aliphatic rings. The number of pyridine rings is 1. The van der Waals surface area contributed by atoms with Gasteiger partial charge in [-0.25, -0.2) is 4.98 Å². The van der Waals surface area contributed by atoms with E-state index in [2.05, 4.69) is 20.9 Å². The molecule has 0 radical (unpaired) electrons. The molecular weight excluding hydrogens is 492 g/mol. The number of nitrogens with zero attached hydrogens (tertiary/aromatic N) is 4. The topological polar surface area (TPSA) is 68.1 Å². The van der Waals surface area contributed by atoms with Gasteiger partial charge in [-0.15, -0.1) is 0 Å². The summed E-state index contributed by atoms with van der Waals surface area (Å²) in [5.74, 6) is 0.507. The molecule has 2 heterocycles. The normalized spacial score (nSPS) is 12.0. The second-order valence-electron chi connectivity index (χ2n) is 8.04. The van der Waals surface area contributed by atoms with Crippen molar-refractivity contribution < 1.29 is 4.79 Å². The van der Waals surface area contributed by atoms with Gasteiger partial charge in [0, 0.05) is 41.4 Å². The number of hydrogen-bond donors (Lipinski definition) is 0. The van der Waals surface area contributed by atoms with Crippen LogP contribution in [0.3, 0.4) is 0 Å². The predicted molar refractivity (Wildman–Crippen MR) is 138 cm³/mol. The van der Waals surface area contributed by atoms with Crippen LogP contribution in [-0.2, 0) is 13.0 Å². The van der Waals surface area contributed by atoms with E-state index in [4.69, 9.17) is 4.98 Å². The van der Waals surface area contributed by atoms with Gasteiger partial charge < -0.3 is 4.90 Å². The fraction of sp³-hybridized carbons (Fsp3) is 0.259. The van der Waals surface area contributed by atoms with E-state index in [-0.39, 0.29) is 17.5 Å². The molecule has 34 heavy (non-hydrogen) atoms. The standard InChI is InChI=1S/C27H27BrN4O2/c1-3-24(25-30-23-14-6-5-13-22(23)27(34)31(25)4-2)32(17-15-21-12-7-8-16-29-21)26(33)19-10-9-11-20(28)18-19/h5-14,16,18,24H,3-4,15,17H2,1-2H3. The Balaban J connectivity index is 1.81. The van der Waals surface area contributed by atoms with E-state index >= 15 is 0 Å². The first kappa shape index (κ1) is 23.8. The van der Waals surface area contributed by atoms with E-state index in [0.29, 0.717) is 48.2 Å². The number of amides is 1. The van der Waals surface area contributed by atoms with Crippen molar-refractivity contribution in [3.63, 3.8) is 0 Å². The first-order valence-electron chi connectivity index (χ1n) is 11.5. The predicted octanol–water partition coefficient (Wildman–Crippen LogP) is 5.41. The molecule has 0 spiro atoms. The van der Waals surface area contributed by atoms with Crippen molar-refractivity contribution in [2.24, 2.45) is 0 Å². The summed E-state index contributed by atoms with van der Waals surface area (Å²) in [4.78, 5) is 38.3. The molecule has 0 saturated carbocycles. The summed E-state index contributed by atoms with van der Waals surface area (Å²) in [6, 6.07) is 20.2. The van der Waals surface area contributed by atoms with Crippen LogP contribution in [-0.4, -0.2) is 31.9 Å². The smallest absolute Gasteiger partial charge is 0.261 e. The lowest BCUT2D eigenvalue weighted by Gasteiger charge is -2.32. The third kappa shape index (κ3) is 4.94. The van der Waals surface area contributed by atoms with Gasteiger partial charge in [0.05, 0.1) is 16.9 Å². The van der Waals surface area contributed by atoms with Crippen molar-refractivity contribution in [1.82, 2.24) is 19.4 Å². The van der Waals surface area contributed by atoms with Gasteiger partial charge in [0.25, 0.3) is 11.5 Å². The number of aromatic nitrogens is 3. The van der Waals surface area contributed by atoms with Gasteiger partial charge in [0.15, 0.2) is 0 Å².